The lowest BCUT2D eigenvalue weighted by molar-refractivity contribution is -0.132. The first-order valence-electron chi connectivity index (χ1n) is 11.2. The first-order valence-corrected chi connectivity index (χ1v) is 11.6. The predicted octanol–water partition coefficient (Wildman–Crippen LogP) is 5.77. The molecule has 0 aliphatic carbocycles. The number of carbonyl (C=O) groups is 2. The average Bonchev–Trinajstić information content (AvgIpc) is 3.42. The molecule has 1 fully saturated rings. The van der Waals surface area contributed by atoms with Crippen molar-refractivity contribution in [3.05, 3.63) is 94.1 Å². The molecule has 4 aromatic rings. The van der Waals surface area contributed by atoms with Crippen LogP contribution >= 0.6 is 11.6 Å². The monoisotopic (exact) mass is 502 g/mol. The number of aromatic nitrogens is 1. The van der Waals surface area contributed by atoms with Crippen molar-refractivity contribution in [2.45, 2.75) is 13.0 Å². The summed E-state index contributed by atoms with van der Waals surface area (Å²) in [6, 6.07) is 17.0. The van der Waals surface area contributed by atoms with Crippen LogP contribution in [0.3, 0.4) is 0 Å². The fraction of sp³-hybridized carbons (Fsp3) is 0.143. The molecule has 182 valence electrons. The zero-order valence-electron chi connectivity index (χ0n) is 19.8. The number of ketones is 1. The van der Waals surface area contributed by atoms with Gasteiger partial charge in [-0.05, 0) is 30.7 Å². The molecule has 2 N–H and O–H groups in total. The van der Waals surface area contributed by atoms with E-state index in [4.69, 9.17) is 21.1 Å². The van der Waals surface area contributed by atoms with Crippen LogP contribution in [0.1, 0.15) is 22.7 Å². The Balaban J connectivity index is 1.82. The molecule has 8 heteroatoms. The number of aliphatic hydroxyl groups excluding tert-OH is 1. The number of Topliss-reactive ketones (excluding diaryl/α,β-unsaturated/α-hetero) is 1. The summed E-state index contributed by atoms with van der Waals surface area (Å²) in [5.74, 6) is -1.34. The van der Waals surface area contributed by atoms with E-state index < -0.39 is 17.7 Å². The van der Waals surface area contributed by atoms with E-state index in [1.165, 1.54) is 31.3 Å². The van der Waals surface area contributed by atoms with Crippen LogP contribution in [0, 0.1) is 6.92 Å². The molecule has 0 spiro atoms. The van der Waals surface area contributed by atoms with E-state index in [9.17, 15) is 14.7 Å². The van der Waals surface area contributed by atoms with Gasteiger partial charge in [0.1, 0.15) is 17.3 Å². The number of benzene rings is 3. The topological polar surface area (TPSA) is 91.9 Å². The molecular formula is C28H23ClN2O5. The van der Waals surface area contributed by atoms with Crippen molar-refractivity contribution in [1.82, 2.24) is 4.98 Å². The van der Waals surface area contributed by atoms with Crippen molar-refractivity contribution in [2.24, 2.45) is 0 Å². The van der Waals surface area contributed by atoms with Crippen molar-refractivity contribution in [3.8, 4) is 11.5 Å². The minimum Gasteiger partial charge on any atom is -0.507 e. The molecule has 1 aliphatic heterocycles. The first kappa shape index (κ1) is 23.5. The first-order chi connectivity index (χ1) is 17.4. The number of aliphatic hydroxyl groups is 1. The Morgan fingerprint density at radius 1 is 1.00 bits per heavy atom. The zero-order chi connectivity index (χ0) is 25.6. The summed E-state index contributed by atoms with van der Waals surface area (Å²) in [5, 5.41) is 12.6. The number of H-pyrrole nitrogens is 1. The fourth-order valence-electron chi connectivity index (χ4n) is 4.72. The summed E-state index contributed by atoms with van der Waals surface area (Å²) >= 11 is 6.35. The fourth-order valence-corrected chi connectivity index (χ4v) is 4.96. The number of amides is 1. The molecular weight excluding hydrogens is 480 g/mol. The lowest BCUT2D eigenvalue weighted by Crippen LogP contribution is -2.30. The molecule has 1 atom stereocenters. The van der Waals surface area contributed by atoms with E-state index in [0.717, 1.165) is 16.5 Å². The van der Waals surface area contributed by atoms with E-state index in [1.54, 1.807) is 18.3 Å². The highest BCUT2D eigenvalue weighted by Gasteiger charge is 2.48. The second-order valence-corrected chi connectivity index (χ2v) is 8.84. The molecule has 1 unspecified atom stereocenters. The van der Waals surface area contributed by atoms with Gasteiger partial charge in [0.15, 0.2) is 0 Å². The number of nitrogens with one attached hydrogen (secondary N) is 1. The lowest BCUT2D eigenvalue weighted by atomic mass is 9.94. The van der Waals surface area contributed by atoms with E-state index in [0.29, 0.717) is 17.0 Å². The Labute approximate surface area is 212 Å². The Morgan fingerprint density at radius 2 is 1.69 bits per heavy atom. The minimum absolute atomic E-state index is 0.0625. The lowest BCUT2D eigenvalue weighted by Gasteiger charge is -2.26. The number of hydrogen-bond donors (Lipinski definition) is 2. The van der Waals surface area contributed by atoms with Gasteiger partial charge in [-0.2, -0.15) is 0 Å². The summed E-state index contributed by atoms with van der Waals surface area (Å²) in [6.45, 7) is 1.87. The summed E-state index contributed by atoms with van der Waals surface area (Å²) < 4.78 is 10.7. The van der Waals surface area contributed by atoms with Gasteiger partial charge >= 0.3 is 0 Å². The van der Waals surface area contributed by atoms with Gasteiger partial charge in [0.25, 0.3) is 11.7 Å². The highest BCUT2D eigenvalue weighted by Crippen LogP contribution is 2.46. The predicted molar refractivity (Wildman–Crippen MR) is 139 cm³/mol. The Kier molecular flexibility index (Phi) is 5.94. The van der Waals surface area contributed by atoms with Gasteiger partial charge in [0.05, 0.1) is 36.4 Å². The number of ether oxygens (including phenoxy) is 2. The maximum atomic E-state index is 13.5. The molecule has 2 heterocycles. The van der Waals surface area contributed by atoms with Gasteiger partial charge < -0.3 is 19.6 Å². The Morgan fingerprint density at radius 3 is 2.42 bits per heavy atom. The standard InChI is InChI=1S/C28H23ClN2O5/c1-15-8-4-7-11-21(15)31-25(18-14-30-20-10-6-5-9-16(18)20)24(27(33)28(31)34)26(32)17-12-19(29)23(36-3)13-22(17)35-2/h4-14,25,30,32H,1-3H3/b26-24+. The van der Waals surface area contributed by atoms with Gasteiger partial charge in [-0.3, -0.25) is 14.5 Å². The van der Waals surface area contributed by atoms with Gasteiger partial charge in [-0.15, -0.1) is 0 Å². The van der Waals surface area contributed by atoms with Crippen LogP contribution in [-0.2, 0) is 9.59 Å². The van der Waals surface area contributed by atoms with Crippen LogP contribution in [-0.4, -0.2) is 36.0 Å². The van der Waals surface area contributed by atoms with Gasteiger partial charge in [0.2, 0.25) is 0 Å². The van der Waals surface area contributed by atoms with Crippen LogP contribution in [0.2, 0.25) is 5.02 Å². The molecule has 1 aromatic heterocycles. The molecule has 5 rings (SSSR count). The number of rotatable bonds is 5. The molecule has 0 saturated carbocycles. The van der Waals surface area contributed by atoms with Crippen LogP contribution in [0.15, 0.2) is 72.4 Å². The molecule has 7 nitrogen and oxygen atoms in total. The number of para-hydroxylation sites is 2. The van der Waals surface area contributed by atoms with Crippen molar-refractivity contribution in [2.75, 3.05) is 19.1 Å². The number of anilines is 1. The third-order valence-electron chi connectivity index (χ3n) is 6.46. The quantitative estimate of drug-likeness (QED) is 0.205. The largest absolute Gasteiger partial charge is 0.507 e. The molecule has 3 aromatic carbocycles. The number of hydrogen-bond acceptors (Lipinski definition) is 5. The molecule has 1 aliphatic rings. The maximum absolute atomic E-state index is 13.5. The molecule has 0 radical (unpaired) electrons. The van der Waals surface area contributed by atoms with E-state index >= 15 is 0 Å². The van der Waals surface area contributed by atoms with Crippen LogP contribution < -0.4 is 14.4 Å². The van der Waals surface area contributed by atoms with Crippen molar-refractivity contribution < 1.29 is 24.2 Å². The Bertz CT molecular complexity index is 1550. The maximum Gasteiger partial charge on any atom is 0.300 e. The Hall–Kier alpha value is -4.23. The number of aryl methyl sites for hydroxylation is 1. The summed E-state index contributed by atoms with van der Waals surface area (Å²) in [5.41, 5.74) is 3.02. The summed E-state index contributed by atoms with van der Waals surface area (Å²) in [4.78, 5) is 31.7. The molecule has 0 bridgehead atoms. The molecule has 1 saturated heterocycles. The van der Waals surface area contributed by atoms with Gasteiger partial charge in [-0.1, -0.05) is 48.0 Å². The van der Waals surface area contributed by atoms with Crippen LogP contribution in [0.25, 0.3) is 16.7 Å². The number of methoxy groups -OCH3 is 2. The third kappa shape index (κ3) is 3.60. The SMILES string of the molecule is COc1cc(OC)c(/C(O)=C2\C(=O)C(=O)N(c3ccccc3C)C2c2c[nH]c3ccccc23)cc1Cl. The number of nitrogens with zero attached hydrogens (tertiary/aromatic N) is 1. The number of carbonyl (C=O) groups excluding carboxylic acids is 2. The van der Waals surface area contributed by atoms with Gasteiger partial charge in [-0.25, -0.2) is 0 Å². The minimum atomic E-state index is -0.896. The van der Waals surface area contributed by atoms with Crippen molar-refractivity contribution in [3.63, 3.8) is 0 Å². The molecule has 1 amide bonds. The highest BCUT2D eigenvalue weighted by atomic mass is 35.5. The second kappa shape index (κ2) is 9.09. The van der Waals surface area contributed by atoms with Crippen LogP contribution in [0.4, 0.5) is 5.69 Å². The average molecular weight is 503 g/mol. The van der Waals surface area contributed by atoms with Crippen molar-refractivity contribution >= 4 is 45.6 Å². The highest BCUT2D eigenvalue weighted by molar-refractivity contribution is 6.52. The zero-order valence-corrected chi connectivity index (χ0v) is 20.6. The normalized spacial score (nSPS) is 17.1. The van der Waals surface area contributed by atoms with E-state index in [1.807, 2.05) is 43.3 Å². The smallest absolute Gasteiger partial charge is 0.300 e. The third-order valence-corrected chi connectivity index (χ3v) is 6.76. The van der Waals surface area contributed by atoms with Crippen LogP contribution in [0.5, 0.6) is 11.5 Å². The summed E-state index contributed by atoms with van der Waals surface area (Å²) in [7, 11) is 2.90. The second-order valence-electron chi connectivity index (χ2n) is 8.43. The van der Waals surface area contributed by atoms with Crippen molar-refractivity contribution in [1.29, 1.82) is 0 Å². The molecule has 36 heavy (non-hydrogen) atoms. The van der Waals surface area contributed by atoms with E-state index in [-0.39, 0.29) is 27.7 Å². The summed E-state index contributed by atoms with van der Waals surface area (Å²) in [6.07, 6.45) is 1.76. The number of halogens is 1. The number of aromatic amines is 1. The number of fused-ring (bicyclic) bond motifs is 1. The van der Waals surface area contributed by atoms with E-state index in [2.05, 4.69) is 4.98 Å². The van der Waals surface area contributed by atoms with Gasteiger partial charge in [0, 0.05) is 34.4 Å².